The van der Waals surface area contributed by atoms with E-state index in [4.69, 9.17) is 14.2 Å². The maximum absolute atomic E-state index is 11.0. The summed E-state index contributed by atoms with van der Waals surface area (Å²) in [4.78, 5) is 0. The van der Waals surface area contributed by atoms with Gasteiger partial charge in [0.2, 0.25) is 0 Å². The summed E-state index contributed by atoms with van der Waals surface area (Å²) < 4.78 is 18.2. The minimum Gasteiger partial charge on any atom is -0.504 e. The van der Waals surface area contributed by atoms with E-state index in [1.54, 1.807) is 18.2 Å². The molecule has 0 heterocycles. The van der Waals surface area contributed by atoms with Crippen molar-refractivity contribution in [3.63, 3.8) is 0 Å². The molecule has 0 amide bonds. The van der Waals surface area contributed by atoms with Crippen LogP contribution in [0.25, 0.3) is 32.3 Å². The van der Waals surface area contributed by atoms with Crippen LogP contribution in [0.3, 0.4) is 0 Å². The van der Waals surface area contributed by atoms with Gasteiger partial charge in [0.1, 0.15) is 0 Å². The second-order valence-corrected chi connectivity index (χ2v) is 12.4. The van der Waals surface area contributed by atoms with E-state index in [0.717, 1.165) is 70.8 Å². The molecule has 4 rings (SSSR count). The number of hydrogen-bond acceptors (Lipinski definition) is 6. The molecule has 3 N–H and O–H groups in total. The van der Waals surface area contributed by atoms with Crippen molar-refractivity contribution in [2.45, 2.75) is 117 Å². The maximum atomic E-state index is 11.0. The summed E-state index contributed by atoms with van der Waals surface area (Å²) in [7, 11) is 0. The molecule has 0 aromatic heterocycles. The first kappa shape index (κ1) is 34.3. The van der Waals surface area contributed by atoms with Crippen LogP contribution in [-0.2, 0) is 0 Å². The van der Waals surface area contributed by atoms with Crippen LogP contribution in [0.15, 0.2) is 36.4 Å². The van der Waals surface area contributed by atoms with Gasteiger partial charge in [-0.05, 0) is 88.0 Å². The van der Waals surface area contributed by atoms with Gasteiger partial charge in [0.05, 0.1) is 19.8 Å². The Kier molecular flexibility index (Phi) is 13.6. The number of benzene rings is 4. The Labute approximate surface area is 269 Å². The van der Waals surface area contributed by atoms with Crippen molar-refractivity contribution in [2.75, 3.05) is 19.8 Å². The first-order valence-corrected chi connectivity index (χ1v) is 17.5. The van der Waals surface area contributed by atoms with Gasteiger partial charge in [-0.2, -0.15) is 0 Å². The monoisotopic (exact) mass is 618 g/mol. The van der Waals surface area contributed by atoms with Gasteiger partial charge < -0.3 is 29.5 Å². The van der Waals surface area contributed by atoms with Crippen molar-refractivity contribution < 1.29 is 29.5 Å². The van der Waals surface area contributed by atoms with Crippen LogP contribution >= 0.6 is 0 Å². The Hall–Kier alpha value is -3.54. The molecule has 6 nitrogen and oxygen atoms in total. The van der Waals surface area contributed by atoms with Crippen LogP contribution in [0.5, 0.6) is 34.5 Å². The number of unbranched alkanes of at least 4 members (excludes halogenated alkanes) is 12. The fourth-order valence-electron chi connectivity index (χ4n) is 6.05. The predicted octanol–water partition coefficient (Wildman–Crippen LogP) is 11.3. The number of aromatic hydroxyl groups is 3. The maximum Gasteiger partial charge on any atom is 0.161 e. The molecule has 0 fully saturated rings. The first-order valence-electron chi connectivity index (χ1n) is 17.5. The molecular formula is C39H54O6. The highest BCUT2D eigenvalue weighted by Crippen LogP contribution is 2.46. The van der Waals surface area contributed by atoms with E-state index >= 15 is 0 Å². The van der Waals surface area contributed by atoms with Crippen molar-refractivity contribution in [3.05, 3.63) is 36.4 Å². The highest BCUT2D eigenvalue weighted by molar-refractivity contribution is 6.26. The minimum absolute atomic E-state index is 0.0652. The van der Waals surface area contributed by atoms with E-state index in [-0.39, 0.29) is 17.2 Å². The molecule has 0 unspecified atom stereocenters. The Morgan fingerprint density at radius 2 is 0.600 bits per heavy atom. The Morgan fingerprint density at radius 1 is 0.356 bits per heavy atom. The first-order chi connectivity index (χ1) is 22.0. The van der Waals surface area contributed by atoms with Gasteiger partial charge >= 0.3 is 0 Å². The third kappa shape index (κ3) is 9.24. The molecule has 0 saturated heterocycles. The summed E-state index contributed by atoms with van der Waals surface area (Å²) in [6.45, 7) is 8.18. The number of phenols is 3. The van der Waals surface area contributed by atoms with E-state index in [2.05, 4.69) is 20.8 Å². The molecule has 4 aromatic carbocycles. The van der Waals surface area contributed by atoms with Crippen molar-refractivity contribution in [1.82, 2.24) is 0 Å². The fraction of sp³-hybridized carbons (Fsp3) is 0.538. The summed E-state index contributed by atoms with van der Waals surface area (Å²) in [5.74, 6) is 1.47. The van der Waals surface area contributed by atoms with E-state index in [9.17, 15) is 15.3 Å². The smallest absolute Gasteiger partial charge is 0.161 e. The van der Waals surface area contributed by atoms with Crippen LogP contribution in [0.4, 0.5) is 0 Å². The molecule has 0 spiro atoms. The SMILES string of the molecule is CCCCCCCOc1cc2c(cc1O)c1cc(OCCCCCCC)c(O)cc1c1cc(OCCCCCCC)c(O)cc21. The lowest BCUT2D eigenvalue weighted by Gasteiger charge is -2.17. The molecule has 45 heavy (non-hydrogen) atoms. The van der Waals surface area contributed by atoms with E-state index in [1.807, 2.05) is 18.2 Å². The molecule has 4 aromatic rings. The number of ether oxygens (including phenoxy) is 3. The third-order valence-corrected chi connectivity index (χ3v) is 8.68. The molecule has 0 aliphatic carbocycles. The number of hydrogen-bond donors (Lipinski definition) is 3. The van der Waals surface area contributed by atoms with Crippen LogP contribution in [0.2, 0.25) is 0 Å². The second-order valence-electron chi connectivity index (χ2n) is 12.4. The molecule has 0 aliphatic rings. The van der Waals surface area contributed by atoms with Crippen LogP contribution < -0.4 is 14.2 Å². The third-order valence-electron chi connectivity index (χ3n) is 8.68. The molecule has 0 atom stereocenters. The van der Waals surface area contributed by atoms with E-state index in [0.29, 0.717) is 37.1 Å². The molecular weight excluding hydrogens is 564 g/mol. The van der Waals surface area contributed by atoms with Gasteiger partial charge in [0.25, 0.3) is 0 Å². The molecule has 6 heteroatoms. The Balaban J connectivity index is 1.72. The van der Waals surface area contributed by atoms with Crippen molar-refractivity contribution in [3.8, 4) is 34.5 Å². The normalized spacial score (nSPS) is 11.5. The quantitative estimate of drug-likeness (QED) is 0.0636. The predicted molar refractivity (Wildman–Crippen MR) is 187 cm³/mol. The van der Waals surface area contributed by atoms with Crippen molar-refractivity contribution in [1.29, 1.82) is 0 Å². The van der Waals surface area contributed by atoms with E-state index in [1.165, 1.54) is 57.8 Å². The van der Waals surface area contributed by atoms with Crippen LogP contribution in [-0.4, -0.2) is 35.1 Å². The Bertz CT molecular complexity index is 1300. The zero-order valence-corrected chi connectivity index (χ0v) is 27.8. The summed E-state index contributed by atoms with van der Waals surface area (Å²) in [6, 6.07) is 10.8. The zero-order chi connectivity index (χ0) is 32.0. The van der Waals surface area contributed by atoms with Crippen LogP contribution in [0.1, 0.15) is 117 Å². The van der Waals surface area contributed by atoms with Gasteiger partial charge in [0.15, 0.2) is 34.5 Å². The molecule has 0 radical (unpaired) electrons. The summed E-state index contributed by atoms with van der Waals surface area (Å²) in [6.07, 6.45) is 16.8. The van der Waals surface area contributed by atoms with Gasteiger partial charge in [-0.1, -0.05) is 97.8 Å². The van der Waals surface area contributed by atoms with Crippen molar-refractivity contribution in [2.24, 2.45) is 0 Å². The second kappa shape index (κ2) is 17.8. The topological polar surface area (TPSA) is 88.4 Å². The number of phenolic OH excluding ortho intramolecular Hbond substituents is 3. The molecule has 0 aliphatic heterocycles. The fourth-order valence-corrected chi connectivity index (χ4v) is 6.05. The molecule has 246 valence electrons. The van der Waals surface area contributed by atoms with Crippen LogP contribution in [0, 0.1) is 0 Å². The van der Waals surface area contributed by atoms with Gasteiger partial charge in [-0.15, -0.1) is 0 Å². The highest BCUT2D eigenvalue weighted by Gasteiger charge is 2.18. The number of rotatable bonds is 21. The lowest BCUT2D eigenvalue weighted by atomic mass is 9.93. The molecule has 0 saturated carbocycles. The largest absolute Gasteiger partial charge is 0.504 e. The van der Waals surface area contributed by atoms with Gasteiger partial charge in [-0.3, -0.25) is 0 Å². The highest BCUT2D eigenvalue weighted by atomic mass is 16.5. The average Bonchev–Trinajstić information content (AvgIpc) is 3.03. The summed E-state index contributed by atoms with van der Waals surface area (Å²) in [5.41, 5.74) is 0. The minimum atomic E-state index is 0.0652. The average molecular weight is 619 g/mol. The standard InChI is InChI=1S/C39H54O6/c1-4-7-10-13-16-19-43-37-25-31-28(22-34(37)40)32-26-38(44-20-17-14-11-8-5-2)36(42)24-30(32)33-27-39(35(41)23-29(31)33)45-21-18-15-12-9-6-3/h22-27,40-42H,4-21H2,1-3H3. The van der Waals surface area contributed by atoms with E-state index < -0.39 is 0 Å². The lowest BCUT2D eigenvalue weighted by Crippen LogP contribution is -1.99. The molecule has 0 bridgehead atoms. The van der Waals surface area contributed by atoms with Crippen molar-refractivity contribution >= 4 is 32.3 Å². The van der Waals surface area contributed by atoms with Gasteiger partial charge in [0, 0.05) is 0 Å². The van der Waals surface area contributed by atoms with Gasteiger partial charge in [-0.25, -0.2) is 0 Å². The summed E-state index contributed by atoms with van der Waals surface area (Å²) in [5, 5.41) is 38.0. The number of fused-ring (bicyclic) bond motifs is 6. The Morgan fingerprint density at radius 3 is 0.867 bits per heavy atom. The summed E-state index contributed by atoms with van der Waals surface area (Å²) >= 11 is 0. The lowest BCUT2D eigenvalue weighted by molar-refractivity contribution is 0.289. The zero-order valence-electron chi connectivity index (χ0n) is 27.8.